The predicted molar refractivity (Wildman–Crippen MR) is 107 cm³/mol. The summed E-state index contributed by atoms with van der Waals surface area (Å²) < 4.78 is 28.3. The molecule has 2 fully saturated rings. The van der Waals surface area contributed by atoms with Gasteiger partial charge in [0.05, 0.1) is 31.8 Å². The molecule has 6 nitrogen and oxygen atoms in total. The summed E-state index contributed by atoms with van der Waals surface area (Å²) in [6, 6.07) is 6.35. The van der Waals surface area contributed by atoms with E-state index in [9.17, 15) is 4.89 Å². The van der Waals surface area contributed by atoms with E-state index in [0.717, 1.165) is 11.3 Å². The van der Waals surface area contributed by atoms with E-state index in [1.807, 2.05) is 6.07 Å². The molecule has 3 rings (SSSR count). The van der Waals surface area contributed by atoms with E-state index < -0.39 is 17.2 Å². The summed E-state index contributed by atoms with van der Waals surface area (Å²) in [5.41, 5.74) is 2.05. The first-order valence-electron chi connectivity index (χ1n) is 9.12. The minimum Gasteiger partial charge on any atom is -0.426 e. The molecule has 1 aromatic carbocycles. The normalized spacial score (nSPS) is 29.7. The van der Waals surface area contributed by atoms with Crippen molar-refractivity contribution in [3.8, 4) is 5.75 Å². The minimum absolute atomic E-state index is 0.0632. The summed E-state index contributed by atoms with van der Waals surface area (Å²) in [6.45, 7) is 14.7. The van der Waals surface area contributed by atoms with Gasteiger partial charge in [-0.1, -0.05) is 53.7 Å². The van der Waals surface area contributed by atoms with Crippen molar-refractivity contribution in [3.63, 3.8) is 0 Å². The molecule has 0 aliphatic carbocycles. The third-order valence-electron chi connectivity index (χ3n) is 4.74. The molecule has 0 unspecified atom stereocenters. The van der Waals surface area contributed by atoms with Crippen LogP contribution in [0.4, 0.5) is 0 Å². The fourth-order valence-electron chi connectivity index (χ4n) is 2.88. The molecule has 8 heteroatoms. The Morgan fingerprint density at radius 1 is 0.889 bits per heavy atom. The van der Waals surface area contributed by atoms with Crippen LogP contribution < -0.4 is 4.52 Å². The van der Waals surface area contributed by atoms with E-state index >= 15 is 0 Å². The van der Waals surface area contributed by atoms with Crippen LogP contribution in [-0.4, -0.2) is 31.3 Å². The van der Waals surface area contributed by atoms with Crippen molar-refractivity contribution in [1.82, 2.24) is 0 Å². The lowest BCUT2D eigenvalue weighted by Crippen LogP contribution is -2.44. The van der Waals surface area contributed by atoms with Crippen LogP contribution in [0.2, 0.25) is 0 Å². The zero-order valence-corrected chi connectivity index (χ0v) is 18.7. The van der Waals surface area contributed by atoms with Gasteiger partial charge in [0, 0.05) is 5.56 Å². The van der Waals surface area contributed by atoms with E-state index in [4.69, 9.17) is 22.6 Å². The van der Waals surface area contributed by atoms with Gasteiger partial charge in [0.1, 0.15) is 5.75 Å². The van der Waals surface area contributed by atoms with Crippen molar-refractivity contribution in [2.75, 3.05) is 26.4 Å². The molecule has 0 amide bonds. The van der Waals surface area contributed by atoms with Crippen molar-refractivity contribution in [2.45, 2.75) is 52.4 Å². The Morgan fingerprint density at radius 2 is 1.44 bits per heavy atom. The van der Waals surface area contributed by atoms with Crippen LogP contribution in [0.15, 0.2) is 18.2 Å². The number of hydrogen-bond donors (Lipinski definition) is 1. The molecule has 1 spiro atoms. The van der Waals surface area contributed by atoms with Crippen LogP contribution in [0.5, 0.6) is 5.75 Å². The topological polar surface area (TPSA) is 66.4 Å². The van der Waals surface area contributed by atoms with Crippen LogP contribution in [0, 0.1) is 5.41 Å². The van der Waals surface area contributed by atoms with Crippen molar-refractivity contribution >= 4 is 17.2 Å². The highest BCUT2D eigenvalue weighted by molar-refractivity contribution is 7.42. The Labute approximate surface area is 164 Å². The average Bonchev–Trinajstić information content (AvgIpc) is 2.58. The standard InChI is InChI=1S/C19H30O6P2/c1-17(2,3)14-7-8-16(15(9-14)18(4,5)6)25-27-23-12-19(13-24-27)10-21-26(20)22-11-19/h7-9,20H,10-13H2,1-6H3. The second-order valence-corrected chi connectivity index (χ2v) is 11.5. The molecular formula is C19H30O6P2. The lowest BCUT2D eigenvalue weighted by Gasteiger charge is -2.40. The predicted octanol–water partition coefficient (Wildman–Crippen LogP) is 5.19. The molecule has 0 aromatic heterocycles. The molecule has 0 atom stereocenters. The summed E-state index contributed by atoms with van der Waals surface area (Å²) >= 11 is 0. The zero-order chi connectivity index (χ0) is 19.9. The van der Waals surface area contributed by atoms with E-state index in [2.05, 4.69) is 53.7 Å². The van der Waals surface area contributed by atoms with Crippen molar-refractivity contribution in [2.24, 2.45) is 5.41 Å². The van der Waals surface area contributed by atoms with Gasteiger partial charge in [-0.15, -0.1) is 0 Å². The van der Waals surface area contributed by atoms with Crippen molar-refractivity contribution in [1.29, 1.82) is 0 Å². The second-order valence-electron chi connectivity index (χ2n) is 9.36. The SMILES string of the molecule is CC(C)(C)c1ccc(OP2OCC3(COP(O)OC3)CO2)c(C(C)(C)C)c1. The molecule has 2 aliphatic heterocycles. The Kier molecular flexibility index (Phi) is 6.21. The molecule has 0 saturated carbocycles. The summed E-state index contributed by atoms with van der Waals surface area (Å²) in [5.74, 6) is 0.799. The van der Waals surface area contributed by atoms with E-state index in [0.29, 0.717) is 26.4 Å². The molecular weight excluding hydrogens is 386 g/mol. The molecule has 0 bridgehead atoms. The van der Waals surface area contributed by atoms with E-state index in [-0.39, 0.29) is 16.2 Å². The van der Waals surface area contributed by atoms with Gasteiger partial charge in [-0.3, -0.25) is 0 Å². The second kappa shape index (κ2) is 7.84. The fraction of sp³-hybridized carbons (Fsp3) is 0.684. The largest absolute Gasteiger partial charge is 0.426 e. The van der Waals surface area contributed by atoms with E-state index in [1.54, 1.807) is 0 Å². The Bertz CT molecular complexity index is 649. The average molecular weight is 416 g/mol. The maximum atomic E-state index is 9.37. The summed E-state index contributed by atoms with van der Waals surface area (Å²) in [7, 11) is -3.24. The monoisotopic (exact) mass is 416 g/mol. The molecule has 27 heavy (non-hydrogen) atoms. The van der Waals surface area contributed by atoms with Crippen molar-refractivity contribution < 1.29 is 27.5 Å². The highest BCUT2D eigenvalue weighted by Crippen LogP contribution is 2.52. The van der Waals surface area contributed by atoms with Gasteiger partial charge in [0.2, 0.25) is 0 Å². The first-order valence-corrected chi connectivity index (χ1v) is 11.3. The quantitative estimate of drug-likeness (QED) is 0.670. The summed E-state index contributed by atoms with van der Waals surface area (Å²) in [6.07, 6.45) is 0. The Balaban J connectivity index is 1.71. The molecule has 2 saturated heterocycles. The first-order chi connectivity index (χ1) is 12.5. The smallest absolute Gasteiger partial charge is 0.397 e. The third-order valence-corrected chi connectivity index (χ3v) is 6.47. The lowest BCUT2D eigenvalue weighted by atomic mass is 9.80. The molecule has 0 radical (unpaired) electrons. The van der Waals surface area contributed by atoms with Gasteiger partial charge < -0.3 is 27.5 Å². The lowest BCUT2D eigenvalue weighted by molar-refractivity contribution is -0.0683. The van der Waals surface area contributed by atoms with Gasteiger partial charge in [-0.05, 0) is 22.5 Å². The maximum absolute atomic E-state index is 9.37. The fourth-order valence-corrected chi connectivity index (χ4v) is 4.98. The van der Waals surface area contributed by atoms with Gasteiger partial charge in [0.15, 0.2) is 0 Å². The van der Waals surface area contributed by atoms with Crippen LogP contribution in [0.1, 0.15) is 52.7 Å². The minimum atomic E-state index is -1.76. The third kappa shape index (κ3) is 5.19. The number of rotatable bonds is 2. The summed E-state index contributed by atoms with van der Waals surface area (Å²) in [5, 5.41) is 0. The maximum Gasteiger partial charge on any atom is 0.397 e. The van der Waals surface area contributed by atoms with Crippen LogP contribution in [0.3, 0.4) is 0 Å². The van der Waals surface area contributed by atoms with Crippen LogP contribution in [-0.2, 0) is 28.9 Å². The molecule has 1 N–H and O–H groups in total. The highest BCUT2D eigenvalue weighted by Gasteiger charge is 2.44. The molecule has 1 aromatic rings. The number of hydrogen-bond acceptors (Lipinski definition) is 6. The highest BCUT2D eigenvalue weighted by atomic mass is 31.2. The molecule has 152 valence electrons. The number of benzene rings is 1. The first kappa shape index (κ1) is 21.4. The Morgan fingerprint density at radius 3 is 1.96 bits per heavy atom. The van der Waals surface area contributed by atoms with Crippen LogP contribution in [0.25, 0.3) is 0 Å². The van der Waals surface area contributed by atoms with E-state index in [1.165, 1.54) is 5.56 Å². The van der Waals surface area contributed by atoms with Gasteiger partial charge in [0.25, 0.3) is 0 Å². The zero-order valence-electron chi connectivity index (χ0n) is 16.9. The van der Waals surface area contributed by atoms with Crippen molar-refractivity contribution in [3.05, 3.63) is 29.3 Å². The Hall–Kier alpha value is -0.320. The molecule has 2 heterocycles. The van der Waals surface area contributed by atoms with Crippen LogP contribution >= 0.6 is 17.2 Å². The van der Waals surface area contributed by atoms with Gasteiger partial charge >= 0.3 is 17.2 Å². The molecule has 2 aliphatic rings. The summed E-state index contributed by atoms with van der Waals surface area (Å²) in [4.78, 5) is 9.37. The van der Waals surface area contributed by atoms with Gasteiger partial charge in [-0.25, -0.2) is 0 Å². The van der Waals surface area contributed by atoms with Gasteiger partial charge in [-0.2, -0.15) is 0 Å².